The average molecular weight is 210 g/mol. The lowest BCUT2D eigenvalue weighted by atomic mass is 10.0. The van der Waals surface area contributed by atoms with Crippen LogP contribution in [0, 0.1) is 12.7 Å². The minimum Gasteiger partial charge on any atom is -0.324 e. The Morgan fingerprint density at radius 3 is 2.53 bits per heavy atom. The van der Waals surface area contributed by atoms with Crippen LogP contribution in [-0.4, -0.2) is 25.5 Å². The highest BCUT2D eigenvalue weighted by atomic mass is 19.1. The third-order valence-corrected chi connectivity index (χ3v) is 2.38. The van der Waals surface area contributed by atoms with Gasteiger partial charge in [-0.25, -0.2) is 4.39 Å². The second-order valence-electron chi connectivity index (χ2n) is 4.26. The lowest BCUT2D eigenvalue weighted by Crippen LogP contribution is -2.20. The molecule has 0 aliphatic heterocycles. The third kappa shape index (κ3) is 3.98. The number of nitrogens with two attached hydrogens (primary N) is 1. The molecule has 0 saturated heterocycles. The van der Waals surface area contributed by atoms with Crippen LogP contribution in [0.3, 0.4) is 0 Å². The Hall–Kier alpha value is -0.930. The van der Waals surface area contributed by atoms with Crippen molar-refractivity contribution in [2.24, 2.45) is 5.73 Å². The zero-order chi connectivity index (χ0) is 11.4. The number of rotatable bonds is 4. The van der Waals surface area contributed by atoms with Gasteiger partial charge >= 0.3 is 0 Å². The molecule has 0 aliphatic carbocycles. The van der Waals surface area contributed by atoms with Crippen LogP contribution in [-0.2, 0) is 0 Å². The van der Waals surface area contributed by atoms with E-state index < -0.39 is 0 Å². The van der Waals surface area contributed by atoms with Gasteiger partial charge in [0.05, 0.1) is 0 Å². The summed E-state index contributed by atoms with van der Waals surface area (Å²) >= 11 is 0. The molecule has 84 valence electrons. The molecule has 0 amide bonds. The lowest BCUT2D eigenvalue weighted by molar-refractivity contribution is 0.382. The lowest BCUT2D eigenvalue weighted by Gasteiger charge is -2.16. The first-order chi connectivity index (χ1) is 6.99. The van der Waals surface area contributed by atoms with Gasteiger partial charge in [-0.15, -0.1) is 0 Å². The summed E-state index contributed by atoms with van der Waals surface area (Å²) in [6.45, 7) is 2.79. The summed E-state index contributed by atoms with van der Waals surface area (Å²) in [5.41, 5.74) is 7.79. The largest absolute Gasteiger partial charge is 0.324 e. The monoisotopic (exact) mass is 210 g/mol. The van der Waals surface area contributed by atoms with E-state index in [9.17, 15) is 4.39 Å². The third-order valence-electron chi connectivity index (χ3n) is 2.38. The van der Waals surface area contributed by atoms with Crippen LogP contribution in [0.4, 0.5) is 4.39 Å². The Balaban J connectivity index is 2.68. The molecule has 0 saturated carbocycles. The average Bonchev–Trinajstić information content (AvgIpc) is 2.12. The fourth-order valence-corrected chi connectivity index (χ4v) is 1.54. The fourth-order valence-electron chi connectivity index (χ4n) is 1.54. The van der Waals surface area contributed by atoms with E-state index in [2.05, 4.69) is 4.90 Å². The number of benzene rings is 1. The molecule has 1 rings (SSSR count). The smallest absolute Gasteiger partial charge is 0.123 e. The van der Waals surface area contributed by atoms with Crippen molar-refractivity contribution in [3.8, 4) is 0 Å². The fraction of sp³-hybridized carbons (Fsp3) is 0.500. The van der Waals surface area contributed by atoms with Gasteiger partial charge in [-0.3, -0.25) is 0 Å². The van der Waals surface area contributed by atoms with Gasteiger partial charge in [-0.1, -0.05) is 6.07 Å². The summed E-state index contributed by atoms with van der Waals surface area (Å²) in [6, 6.07) is 4.90. The molecule has 15 heavy (non-hydrogen) atoms. The highest BCUT2D eigenvalue weighted by Gasteiger charge is 2.08. The minimum absolute atomic E-state index is 0.0817. The van der Waals surface area contributed by atoms with Gasteiger partial charge in [0.1, 0.15) is 5.82 Å². The Kier molecular flexibility index (Phi) is 4.24. The summed E-state index contributed by atoms with van der Waals surface area (Å²) in [5, 5.41) is 0. The molecule has 3 heteroatoms. The van der Waals surface area contributed by atoms with E-state index in [0.29, 0.717) is 0 Å². The van der Waals surface area contributed by atoms with Crippen LogP contribution in [0.25, 0.3) is 0 Å². The van der Waals surface area contributed by atoms with Crippen molar-refractivity contribution in [1.29, 1.82) is 0 Å². The molecule has 1 atom stereocenters. The molecule has 2 nitrogen and oxygen atoms in total. The molecule has 0 aliphatic rings. The number of aryl methyl sites for hydroxylation is 1. The molecule has 0 spiro atoms. The van der Waals surface area contributed by atoms with E-state index in [1.807, 2.05) is 27.1 Å². The molecule has 0 radical (unpaired) electrons. The van der Waals surface area contributed by atoms with Crippen molar-refractivity contribution in [1.82, 2.24) is 4.90 Å². The van der Waals surface area contributed by atoms with E-state index in [0.717, 1.165) is 24.1 Å². The summed E-state index contributed by atoms with van der Waals surface area (Å²) < 4.78 is 13.1. The van der Waals surface area contributed by atoms with Gasteiger partial charge in [0, 0.05) is 6.04 Å². The molecule has 0 bridgehead atoms. The summed E-state index contributed by atoms with van der Waals surface area (Å²) in [6.07, 6.45) is 0.843. The second-order valence-corrected chi connectivity index (χ2v) is 4.26. The summed E-state index contributed by atoms with van der Waals surface area (Å²) in [7, 11) is 4.01. The normalized spacial score (nSPS) is 13.2. The molecule has 0 aromatic heterocycles. The maximum atomic E-state index is 13.1. The predicted octanol–water partition coefficient (Wildman–Crippen LogP) is 2.09. The topological polar surface area (TPSA) is 29.3 Å². The van der Waals surface area contributed by atoms with Gasteiger partial charge in [-0.05, 0) is 57.2 Å². The van der Waals surface area contributed by atoms with Crippen LogP contribution in [0.1, 0.15) is 23.6 Å². The van der Waals surface area contributed by atoms with E-state index in [-0.39, 0.29) is 11.9 Å². The van der Waals surface area contributed by atoms with Crippen LogP contribution in [0.15, 0.2) is 18.2 Å². The molecule has 1 unspecified atom stereocenters. The highest BCUT2D eigenvalue weighted by molar-refractivity contribution is 5.25. The maximum absolute atomic E-state index is 13.1. The van der Waals surface area contributed by atoms with Crippen LogP contribution in [0.2, 0.25) is 0 Å². The number of hydrogen-bond donors (Lipinski definition) is 1. The van der Waals surface area contributed by atoms with Gasteiger partial charge in [0.25, 0.3) is 0 Å². The van der Waals surface area contributed by atoms with Gasteiger partial charge in [0.2, 0.25) is 0 Å². The standard InChI is InChI=1S/C12H19FN2/c1-9-6-10(8-11(13)7-9)12(14)4-5-15(2)3/h6-8,12H,4-5,14H2,1-3H3. The molecular weight excluding hydrogens is 191 g/mol. The first kappa shape index (κ1) is 12.1. The number of hydrogen-bond acceptors (Lipinski definition) is 2. The van der Waals surface area contributed by atoms with Gasteiger partial charge < -0.3 is 10.6 Å². The summed E-state index contributed by atoms with van der Waals surface area (Å²) in [5.74, 6) is -0.203. The van der Waals surface area contributed by atoms with Crippen molar-refractivity contribution in [3.05, 3.63) is 35.1 Å². The first-order valence-corrected chi connectivity index (χ1v) is 5.16. The minimum atomic E-state index is -0.203. The molecule has 1 aromatic rings. The Morgan fingerprint density at radius 1 is 1.33 bits per heavy atom. The zero-order valence-electron chi connectivity index (χ0n) is 9.63. The second kappa shape index (κ2) is 5.24. The highest BCUT2D eigenvalue weighted by Crippen LogP contribution is 2.17. The first-order valence-electron chi connectivity index (χ1n) is 5.16. The van der Waals surface area contributed by atoms with Crippen molar-refractivity contribution >= 4 is 0 Å². The van der Waals surface area contributed by atoms with E-state index >= 15 is 0 Å². The van der Waals surface area contributed by atoms with Crippen LogP contribution >= 0.6 is 0 Å². The molecule has 2 N–H and O–H groups in total. The zero-order valence-corrected chi connectivity index (χ0v) is 9.63. The molecule has 1 aromatic carbocycles. The van der Waals surface area contributed by atoms with Crippen LogP contribution < -0.4 is 5.73 Å². The Labute approximate surface area is 90.9 Å². The van der Waals surface area contributed by atoms with Crippen molar-refractivity contribution in [2.75, 3.05) is 20.6 Å². The van der Waals surface area contributed by atoms with Crippen molar-refractivity contribution < 1.29 is 4.39 Å². The molecular formula is C12H19FN2. The number of nitrogens with zero attached hydrogens (tertiary/aromatic N) is 1. The number of halogens is 1. The maximum Gasteiger partial charge on any atom is 0.123 e. The SMILES string of the molecule is Cc1cc(F)cc(C(N)CCN(C)C)c1. The van der Waals surface area contributed by atoms with Crippen molar-refractivity contribution in [3.63, 3.8) is 0 Å². The van der Waals surface area contributed by atoms with Crippen LogP contribution in [0.5, 0.6) is 0 Å². The predicted molar refractivity (Wildman–Crippen MR) is 61.2 cm³/mol. The Morgan fingerprint density at radius 2 is 2.00 bits per heavy atom. The van der Waals surface area contributed by atoms with Gasteiger partial charge in [0.15, 0.2) is 0 Å². The quantitative estimate of drug-likeness (QED) is 0.824. The molecule has 0 heterocycles. The van der Waals surface area contributed by atoms with Crippen molar-refractivity contribution in [2.45, 2.75) is 19.4 Å². The van der Waals surface area contributed by atoms with Gasteiger partial charge in [-0.2, -0.15) is 0 Å². The van der Waals surface area contributed by atoms with E-state index in [4.69, 9.17) is 5.73 Å². The van der Waals surface area contributed by atoms with E-state index in [1.165, 1.54) is 12.1 Å². The molecule has 0 fully saturated rings. The Bertz CT molecular complexity index is 303. The summed E-state index contributed by atoms with van der Waals surface area (Å²) in [4.78, 5) is 2.08. The van der Waals surface area contributed by atoms with E-state index in [1.54, 1.807) is 0 Å².